The second kappa shape index (κ2) is 12.5. The van der Waals surface area contributed by atoms with Crippen molar-refractivity contribution < 1.29 is 12.8 Å². The van der Waals surface area contributed by atoms with Crippen molar-refractivity contribution in [3.8, 4) is 0 Å². The molecule has 0 saturated carbocycles. The van der Waals surface area contributed by atoms with Gasteiger partial charge in [0.2, 0.25) is 0 Å². The fourth-order valence-corrected chi connectivity index (χ4v) is 4.90. The summed E-state index contributed by atoms with van der Waals surface area (Å²) in [6, 6.07) is 15.7. The highest BCUT2D eigenvalue weighted by atomic mass is 32.2. The summed E-state index contributed by atoms with van der Waals surface area (Å²) in [5.74, 6) is 1.57. The van der Waals surface area contributed by atoms with Gasteiger partial charge in [-0.2, -0.15) is 0 Å². The molecule has 0 unspecified atom stereocenters. The van der Waals surface area contributed by atoms with Crippen LogP contribution in [-0.4, -0.2) is 46.0 Å². The first-order valence-electron chi connectivity index (χ1n) is 9.56. The van der Waals surface area contributed by atoms with E-state index in [1.807, 2.05) is 30.3 Å². The molecule has 0 atom stereocenters. The molecule has 2 aromatic carbocycles. The number of benzene rings is 2. The molecule has 0 aromatic heterocycles. The van der Waals surface area contributed by atoms with Gasteiger partial charge in [-0.1, -0.05) is 30.3 Å². The molecule has 0 radical (unpaired) electrons. The van der Waals surface area contributed by atoms with Crippen molar-refractivity contribution in [3.63, 3.8) is 0 Å². The molecule has 2 rings (SSSR count). The predicted molar refractivity (Wildman–Crippen MR) is 120 cm³/mol. The van der Waals surface area contributed by atoms with Crippen molar-refractivity contribution in [1.29, 1.82) is 0 Å². The zero-order valence-corrected chi connectivity index (χ0v) is 18.2. The van der Waals surface area contributed by atoms with Gasteiger partial charge in [0, 0.05) is 25.0 Å². The van der Waals surface area contributed by atoms with E-state index in [0.29, 0.717) is 18.9 Å². The quantitative estimate of drug-likeness (QED) is 0.244. The number of nitrogens with one attached hydrogen (secondary N) is 2. The molecule has 158 valence electrons. The standard InChI is InChI=1S/C21H28FN3O2S2/c1-23-21(24-13-5-15-28-20-11-9-19(22)10-12-20)25-14-6-16-29(26,27)17-18-7-3-2-4-8-18/h2-4,7-12H,5-6,13-17H2,1H3,(H2,23,24,25). The molecule has 0 saturated heterocycles. The van der Waals surface area contributed by atoms with Gasteiger partial charge in [-0.05, 0) is 48.4 Å². The first-order chi connectivity index (χ1) is 14.0. The first-order valence-corrected chi connectivity index (χ1v) is 12.4. The molecule has 0 aliphatic rings. The largest absolute Gasteiger partial charge is 0.356 e. The fourth-order valence-electron chi connectivity index (χ4n) is 2.62. The van der Waals surface area contributed by atoms with E-state index < -0.39 is 9.84 Å². The van der Waals surface area contributed by atoms with Crippen LogP contribution in [0.5, 0.6) is 0 Å². The minimum absolute atomic E-state index is 0.0759. The van der Waals surface area contributed by atoms with Gasteiger partial charge in [-0.25, -0.2) is 12.8 Å². The molecular formula is C21H28FN3O2S2. The molecule has 0 aliphatic heterocycles. The summed E-state index contributed by atoms with van der Waals surface area (Å²) in [4.78, 5) is 5.20. The van der Waals surface area contributed by atoms with E-state index in [2.05, 4.69) is 15.6 Å². The lowest BCUT2D eigenvalue weighted by Crippen LogP contribution is -2.38. The number of guanidine groups is 1. The van der Waals surface area contributed by atoms with Crippen molar-refractivity contribution in [2.75, 3.05) is 31.6 Å². The second-order valence-electron chi connectivity index (χ2n) is 6.51. The molecule has 0 amide bonds. The van der Waals surface area contributed by atoms with Gasteiger partial charge in [-0.15, -0.1) is 11.8 Å². The number of hydrogen-bond acceptors (Lipinski definition) is 4. The molecule has 0 spiro atoms. The van der Waals surface area contributed by atoms with Crippen LogP contribution in [0.4, 0.5) is 4.39 Å². The molecule has 0 bridgehead atoms. The van der Waals surface area contributed by atoms with Crippen molar-refractivity contribution in [3.05, 3.63) is 66.0 Å². The average Bonchev–Trinajstić information content (AvgIpc) is 2.71. The van der Waals surface area contributed by atoms with Crippen LogP contribution in [-0.2, 0) is 15.6 Å². The zero-order valence-electron chi connectivity index (χ0n) is 16.6. The van der Waals surface area contributed by atoms with E-state index in [-0.39, 0.29) is 17.3 Å². The van der Waals surface area contributed by atoms with Gasteiger partial charge in [0.05, 0.1) is 11.5 Å². The van der Waals surface area contributed by atoms with Gasteiger partial charge in [0.1, 0.15) is 5.82 Å². The van der Waals surface area contributed by atoms with Crippen molar-refractivity contribution in [2.24, 2.45) is 4.99 Å². The van der Waals surface area contributed by atoms with Crippen LogP contribution in [0.1, 0.15) is 18.4 Å². The van der Waals surface area contributed by atoms with E-state index in [4.69, 9.17) is 0 Å². The highest BCUT2D eigenvalue weighted by molar-refractivity contribution is 7.99. The average molecular weight is 438 g/mol. The van der Waals surface area contributed by atoms with Gasteiger partial charge < -0.3 is 10.6 Å². The minimum Gasteiger partial charge on any atom is -0.356 e. The Morgan fingerprint density at radius 1 is 1.00 bits per heavy atom. The number of rotatable bonds is 11. The van der Waals surface area contributed by atoms with Crippen molar-refractivity contribution in [1.82, 2.24) is 10.6 Å². The van der Waals surface area contributed by atoms with Gasteiger partial charge >= 0.3 is 0 Å². The molecule has 2 N–H and O–H groups in total. The van der Waals surface area contributed by atoms with Crippen LogP contribution in [0, 0.1) is 5.82 Å². The van der Waals surface area contributed by atoms with Crippen molar-refractivity contribution >= 4 is 27.6 Å². The molecule has 0 fully saturated rings. The lowest BCUT2D eigenvalue weighted by atomic mass is 10.2. The third kappa shape index (κ3) is 9.80. The Labute approximate surface area is 177 Å². The number of halogens is 1. The Morgan fingerprint density at radius 2 is 1.66 bits per heavy atom. The summed E-state index contributed by atoms with van der Waals surface area (Å²) in [5, 5.41) is 6.37. The highest BCUT2D eigenvalue weighted by Gasteiger charge is 2.11. The Bertz CT molecular complexity index is 857. The molecule has 8 heteroatoms. The van der Waals surface area contributed by atoms with Gasteiger partial charge in [-0.3, -0.25) is 4.99 Å². The number of sulfone groups is 1. The van der Waals surface area contributed by atoms with Gasteiger partial charge in [0.25, 0.3) is 0 Å². The Hall–Kier alpha value is -2.06. The number of hydrogen-bond donors (Lipinski definition) is 2. The number of thioether (sulfide) groups is 1. The highest BCUT2D eigenvalue weighted by Crippen LogP contribution is 2.18. The molecule has 5 nitrogen and oxygen atoms in total. The monoisotopic (exact) mass is 437 g/mol. The maximum atomic E-state index is 12.9. The van der Waals surface area contributed by atoms with Gasteiger partial charge in [0.15, 0.2) is 15.8 Å². The lowest BCUT2D eigenvalue weighted by Gasteiger charge is -2.12. The minimum atomic E-state index is -3.12. The number of aliphatic imine (C=N–C) groups is 1. The molecule has 29 heavy (non-hydrogen) atoms. The first kappa shape index (κ1) is 23.2. The fraction of sp³-hybridized carbons (Fsp3) is 0.381. The molecule has 0 heterocycles. The summed E-state index contributed by atoms with van der Waals surface area (Å²) in [5.41, 5.74) is 0.816. The molecule has 2 aromatic rings. The van der Waals surface area contributed by atoms with Crippen LogP contribution in [0.25, 0.3) is 0 Å². The van der Waals surface area contributed by atoms with E-state index in [9.17, 15) is 12.8 Å². The zero-order chi connectivity index (χ0) is 21.0. The Balaban J connectivity index is 1.58. The van der Waals surface area contributed by atoms with Crippen LogP contribution < -0.4 is 10.6 Å². The summed E-state index contributed by atoms with van der Waals surface area (Å²) in [7, 11) is -1.43. The van der Waals surface area contributed by atoms with Crippen LogP contribution in [0.15, 0.2) is 64.5 Å². The third-order valence-electron chi connectivity index (χ3n) is 4.07. The predicted octanol–water partition coefficient (Wildman–Crippen LogP) is 3.48. The van der Waals surface area contributed by atoms with Crippen LogP contribution in [0.2, 0.25) is 0 Å². The van der Waals surface area contributed by atoms with Crippen LogP contribution >= 0.6 is 11.8 Å². The maximum absolute atomic E-state index is 12.9. The summed E-state index contributed by atoms with van der Waals surface area (Å²) in [6.07, 6.45) is 1.45. The summed E-state index contributed by atoms with van der Waals surface area (Å²) >= 11 is 1.68. The van der Waals surface area contributed by atoms with E-state index >= 15 is 0 Å². The lowest BCUT2D eigenvalue weighted by molar-refractivity contribution is 0.591. The summed E-state index contributed by atoms with van der Waals surface area (Å²) in [6.45, 7) is 1.29. The van der Waals surface area contributed by atoms with E-state index in [0.717, 1.165) is 29.2 Å². The SMILES string of the molecule is CN=C(NCCCSc1ccc(F)cc1)NCCCS(=O)(=O)Cc1ccccc1. The van der Waals surface area contributed by atoms with Crippen molar-refractivity contribution in [2.45, 2.75) is 23.5 Å². The second-order valence-corrected chi connectivity index (χ2v) is 9.87. The third-order valence-corrected chi connectivity index (χ3v) is 6.86. The maximum Gasteiger partial charge on any atom is 0.190 e. The topological polar surface area (TPSA) is 70.6 Å². The Morgan fingerprint density at radius 3 is 2.31 bits per heavy atom. The molecule has 0 aliphatic carbocycles. The van der Waals surface area contributed by atoms with E-state index in [1.165, 1.54) is 12.1 Å². The Kier molecular flexibility index (Phi) is 10.0. The van der Waals surface area contributed by atoms with Crippen LogP contribution in [0.3, 0.4) is 0 Å². The number of nitrogens with zero attached hydrogens (tertiary/aromatic N) is 1. The normalized spacial score (nSPS) is 12.0. The van der Waals surface area contributed by atoms with E-state index in [1.54, 1.807) is 30.9 Å². The smallest absolute Gasteiger partial charge is 0.190 e. The molecular weight excluding hydrogens is 409 g/mol. The summed E-state index contributed by atoms with van der Waals surface area (Å²) < 4.78 is 37.3.